The number of methoxy groups -OCH3 is 1. The van der Waals surface area contributed by atoms with Crippen molar-refractivity contribution < 1.29 is 9.47 Å². The summed E-state index contributed by atoms with van der Waals surface area (Å²) < 4.78 is 12.0. The summed E-state index contributed by atoms with van der Waals surface area (Å²) in [6.07, 6.45) is 8.15. The molecular weight excluding hydrogens is 296 g/mol. The lowest BCUT2D eigenvalue weighted by molar-refractivity contribution is 0.0564. The van der Waals surface area contributed by atoms with Gasteiger partial charge in [-0.15, -0.1) is 0 Å². The van der Waals surface area contributed by atoms with Crippen molar-refractivity contribution in [1.82, 2.24) is 0 Å². The van der Waals surface area contributed by atoms with E-state index in [2.05, 4.69) is 61.5 Å². The summed E-state index contributed by atoms with van der Waals surface area (Å²) in [4.78, 5) is 0. The van der Waals surface area contributed by atoms with Crippen LogP contribution in [0.4, 0.5) is 0 Å². The largest absolute Gasteiger partial charge is 0.497 e. The molecule has 2 aromatic carbocycles. The smallest absolute Gasteiger partial charge is 0.119 e. The maximum absolute atomic E-state index is 6.47. The lowest BCUT2D eigenvalue weighted by Gasteiger charge is -2.37. The Labute approximate surface area is 144 Å². The highest BCUT2D eigenvalue weighted by molar-refractivity contribution is 5.65. The first-order valence-corrected chi connectivity index (χ1v) is 8.85. The second-order valence-corrected chi connectivity index (χ2v) is 6.82. The van der Waals surface area contributed by atoms with Crippen LogP contribution in [0.3, 0.4) is 0 Å². The Balaban J connectivity index is 1.90. The monoisotopic (exact) mass is 320 g/mol. The number of fused-ring (bicyclic) bond motifs is 3. The molecule has 24 heavy (non-hydrogen) atoms. The fourth-order valence-electron chi connectivity index (χ4n) is 4.39. The lowest BCUT2D eigenvalue weighted by atomic mass is 9.65. The summed E-state index contributed by atoms with van der Waals surface area (Å²) in [5, 5.41) is 0. The second kappa shape index (κ2) is 6.10. The molecule has 2 heteroatoms. The van der Waals surface area contributed by atoms with Crippen LogP contribution in [0.5, 0.6) is 5.75 Å². The van der Waals surface area contributed by atoms with Crippen LogP contribution < -0.4 is 4.74 Å². The zero-order chi connectivity index (χ0) is 16.6. The number of hydrogen-bond acceptors (Lipinski definition) is 2. The van der Waals surface area contributed by atoms with E-state index in [0.29, 0.717) is 6.10 Å². The second-order valence-electron chi connectivity index (χ2n) is 6.82. The van der Waals surface area contributed by atoms with Crippen molar-refractivity contribution in [3.05, 3.63) is 71.3 Å². The van der Waals surface area contributed by atoms with Gasteiger partial charge >= 0.3 is 0 Å². The molecule has 3 atom stereocenters. The van der Waals surface area contributed by atoms with Crippen LogP contribution in [0.15, 0.2) is 54.6 Å². The highest BCUT2D eigenvalue weighted by atomic mass is 16.5. The van der Waals surface area contributed by atoms with Crippen molar-refractivity contribution in [2.45, 2.75) is 43.8 Å². The third kappa shape index (κ3) is 2.29. The van der Waals surface area contributed by atoms with Crippen LogP contribution in [0, 0.1) is 0 Å². The highest BCUT2D eigenvalue weighted by Gasteiger charge is 2.51. The molecule has 0 amide bonds. The van der Waals surface area contributed by atoms with Gasteiger partial charge in [-0.2, -0.15) is 0 Å². The van der Waals surface area contributed by atoms with Crippen molar-refractivity contribution >= 4 is 6.08 Å². The molecule has 0 radical (unpaired) electrons. The van der Waals surface area contributed by atoms with Crippen LogP contribution in [0.2, 0.25) is 0 Å². The number of ether oxygens (including phenoxy) is 2. The van der Waals surface area contributed by atoms with Crippen LogP contribution in [0.25, 0.3) is 6.08 Å². The molecule has 0 N–H and O–H groups in total. The molecule has 2 aromatic rings. The van der Waals surface area contributed by atoms with Gasteiger partial charge in [0.25, 0.3) is 0 Å². The van der Waals surface area contributed by atoms with E-state index in [-0.39, 0.29) is 11.5 Å². The number of rotatable bonds is 4. The van der Waals surface area contributed by atoms with E-state index in [1.54, 1.807) is 7.11 Å². The predicted molar refractivity (Wildman–Crippen MR) is 97.4 cm³/mol. The van der Waals surface area contributed by atoms with E-state index < -0.39 is 0 Å². The molecule has 0 unspecified atom stereocenters. The zero-order valence-electron chi connectivity index (χ0n) is 14.4. The number of hydrogen-bond donors (Lipinski definition) is 0. The fourth-order valence-corrected chi connectivity index (χ4v) is 4.39. The molecule has 0 bridgehead atoms. The van der Waals surface area contributed by atoms with Crippen molar-refractivity contribution in [1.29, 1.82) is 0 Å². The Morgan fingerprint density at radius 3 is 2.88 bits per heavy atom. The van der Waals surface area contributed by atoms with Gasteiger partial charge in [-0.05, 0) is 41.7 Å². The molecule has 1 heterocycles. The summed E-state index contributed by atoms with van der Waals surface area (Å²) in [6, 6.07) is 17.2. The van der Waals surface area contributed by atoms with Gasteiger partial charge in [-0.3, -0.25) is 0 Å². The van der Waals surface area contributed by atoms with Crippen LogP contribution >= 0.6 is 0 Å². The van der Waals surface area contributed by atoms with Crippen LogP contribution in [0.1, 0.15) is 42.9 Å². The standard InChI is InChI=1S/C22H24O2/c1-3-7-19-15-22(17-9-6-10-18(14-17)23-2)20-11-5-4-8-16(20)12-13-21(22)24-19/h4-6,8-14,19,21H,3,7,15H2,1-2H3/t19-,21+,22+/m1/s1. The third-order valence-electron chi connectivity index (χ3n) is 5.46. The van der Waals surface area contributed by atoms with Crippen molar-refractivity contribution in [2.24, 2.45) is 0 Å². The summed E-state index contributed by atoms with van der Waals surface area (Å²) in [6.45, 7) is 2.23. The highest BCUT2D eigenvalue weighted by Crippen LogP contribution is 2.52. The minimum absolute atomic E-state index is 0.0936. The van der Waals surface area contributed by atoms with Gasteiger partial charge < -0.3 is 9.47 Å². The predicted octanol–water partition coefficient (Wildman–Crippen LogP) is 4.97. The van der Waals surface area contributed by atoms with Gasteiger partial charge in [0.1, 0.15) is 5.75 Å². The minimum Gasteiger partial charge on any atom is -0.497 e. The lowest BCUT2D eigenvalue weighted by Crippen LogP contribution is -2.38. The molecule has 0 aromatic heterocycles. The first-order chi connectivity index (χ1) is 11.8. The Bertz CT molecular complexity index is 764. The van der Waals surface area contributed by atoms with Crippen LogP contribution in [-0.4, -0.2) is 19.3 Å². The van der Waals surface area contributed by atoms with Crippen molar-refractivity contribution in [3.8, 4) is 5.75 Å². The normalized spacial score (nSPS) is 27.6. The summed E-state index contributed by atoms with van der Waals surface area (Å²) >= 11 is 0. The Morgan fingerprint density at radius 2 is 2.04 bits per heavy atom. The van der Waals surface area contributed by atoms with Gasteiger partial charge in [0.15, 0.2) is 0 Å². The quantitative estimate of drug-likeness (QED) is 0.792. The maximum atomic E-state index is 6.47. The first kappa shape index (κ1) is 15.5. The van der Waals surface area contributed by atoms with Gasteiger partial charge in [-0.1, -0.05) is 61.9 Å². The molecule has 1 aliphatic heterocycles. The fraction of sp³-hybridized carbons (Fsp3) is 0.364. The average molecular weight is 320 g/mol. The van der Waals surface area contributed by atoms with Gasteiger partial charge in [-0.25, -0.2) is 0 Å². The van der Waals surface area contributed by atoms with E-state index in [4.69, 9.17) is 9.47 Å². The SMILES string of the molecule is CCC[C@@H]1C[C@]2(c3cccc(OC)c3)c3ccccc3C=C[C@@H]2O1. The topological polar surface area (TPSA) is 18.5 Å². The Kier molecular flexibility index (Phi) is 3.93. The third-order valence-corrected chi connectivity index (χ3v) is 5.46. The molecule has 0 saturated carbocycles. The minimum atomic E-state index is -0.111. The maximum Gasteiger partial charge on any atom is 0.119 e. The molecule has 2 aliphatic rings. The van der Waals surface area contributed by atoms with Gasteiger partial charge in [0.2, 0.25) is 0 Å². The van der Waals surface area contributed by atoms with E-state index in [9.17, 15) is 0 Å². The van der Waals surface area contributed by atoms with E-state index in [1.165, 1.54) is 16.7 Å². The average Bonchev–Trinajstić information content (AvgIpc) is 3.02. The van der Waals surface area contributed by atoms with Crippen molar-refractivity contribution in [2.75, 3.05) is 7.11 Å². The number of benzene rings is 2. The molecule has 4 rings (SSSR count). The van der Waals surface area contributed by atoms with E-state index in [1.807, 2.05) is 6.07 Å². The molecule has 2 nitrogen and oxygen atoms in total. The Morgan fingerprint density at radius 1 is 1.17 bits per heavy atom. The zero-order valence-corrected chi connectivity index (χ0v) is 14.4. The van der Waals surface area contributed by atoms with Gasteiger partial charge in [0.05, 0.1) is 24.7 Å². The summed E-state index contributed by atoms with van der Waals surface area (Å²) in [7, 11) is 1.73. The van der Waals surface area contributed by atoms with Crippen molar-refractivity contribution in [3.63, 3.8) is 0 Å². The molecule has 0 spiro atoms. The molecule has 1 aliphatic carbocycles. The van der Waals surface area contributed by atoms with E-state index >= 15 is 0 Å². The molecule has 1 fully saturated rings. The molecule has 124 valence electrons. The van der Waals surface area contributed by atoms with Gasteiger partial charge in [0, 0.05) is 0 Å². The molecule has 1 saturated heterocycles. The molecular formula is C22H24O2. The van der Waals surface area contributed by atoms with Crippen LogP contribution in [-0.2, 0) is 10.2 Å². The summed E-state index contributed by atoms with van der Waals surface area (Å²) in [5.74, 6) is 0.909. The summed E-state index contributed by atoms with van der Waals surface area (Å²) in [5.41, 5.74) is 3.86. The first-order valence-electron chi connectivity index (χ1n) is 8.85. The van der Waals surface area contributed by atoms with E-state index in [0.717, 1.165) is 25.0 Å². The Hall–Kier alpha value is -2.06.